The first kappa shape index (κ1) is 14.8. The lowest BCUT2D eigenvalue weighted by Gasteiger charge is -2.11. The van der Waals surface area contributed by atoms with Crippen molar-refractivity contribution in [2.45, 2.75) is 23.8 Å². The van der Waals surface area contributed by atoms with Crippen LogP contribution in [0.25, 0.3) is 0 Å². The molecule has 0 aliphatic heterocycles. The summed E-state index contributed by atoms with van der Waals surface area (Å²) in [6.07, 6.45) is 3.20. The molecular formula is C13H16N2O4S. The second kappa shape index (κ2) is 6.23. The average molecular weight is 296 g/mol. The Balaban J connectivity index is 2.05. The van der Waals surface area contributed by atoms with Crippen LogP contribution in [0.5, 0.6) is 0 Å². The molecule has 6 nitrogen and oxygen atoms in total. The van der Waals surface area contributed by atoms with Gasteiger partial charge in [-0.1, -0.05) is 0 Å². The van der Waals surface area contributed by atoms with Crippen LogP contribution in [0.3, 0.4) is 0 Å². The van der Waals surface area contributed by atoms with Crippen LogP contribution in [0, 0.1) is 16.0 Å². The number of hydrogen-bond acceptors (Lipinski definition) is 5. The van der Waals surface area contributed by atoms with Crippen LogP contribution in [-0.2, 0) is 0 Å². The molecular weight excluding hydrogens is 280 g/mol. The quantitative estimate of drug-likeness (QED) is 0.474. The van der Waals surface area contributed by atoms with E-state index in [1.807, 2.05) is 0 Å². The number of amides is 1. The maximum atomic E-state index is 11.9. The molecule has 20 heavy (non-hydrogen) atoms. The van der Waals surface area contributed by atoms with E-state index < -0.39 is 16.9 Å². The third-order valence-corrected chi connectivity index (χ3v) is 4.06. The van der Waals surface area contributed by atoms with E-state index in [1.54, 1.807) is 18.4 Å². The molecule has 1 fully saturated rings. The van der Waals surface area contributed by atoms with Gasteiger partial charge in [-0.3, -0.25) is 14.9 Å². The normalized spacial score (nSPS) is 15.7. The minimum absolute atomic E-state index is 0.0760. The Bertz CT molecular complexity index is 531. The van der Waals surface area contributed by atoms with Crippen LogP contribution in [0.15, 0.2) is 23.1 Å². The highest BCUT2D eigenvalue weighted by Crippen LogP contribution is 2.32. The number of hydrogen-bond donors (Lipinski definition) is 2. The second-order valence-corrected chi connectivity index (χ2v) is 5.61. The van der Waals surface area contributed by atoms with Gasteiger partial charge in [0.1, 0.15) is 0 Å². The molecule has 1 aliphatic rings. The van der Waals surface area contributed by atoms with E-state index in [0.717, 1.165) is 12.8 Å². The van der Waals surface area contributed by atoms with Gasteiger partial charge in [0.15, 0.2) is 0 Å². The van der Waals surface area contributed by atoms with Gasteiger partial charge in [0.2, 0.25) is 0 Å². The van der Waals surface area contributed by atoms with Gasteiger partial charge in [-0.2, -0.15) is 0 Å². The maximum absolute atomic E-state index is 11.9. The number of carbonyl (C=O) groups is 1. The Hall–Kier alpha value is -1.60. The van der Waals surface area contributed by atoms with Crippen LogP contribution in [0.1, 0.15) is 23.2 Å². The van der Waals surface area contributed by atoms with Crippen LogP contribution >= 0.6 is 11.8 Å². The van der Waals surface area contributed by atoms with Crippen LogP contribution in [0.2, 0.25) is 0 Å². The number of benzene rings is 1. The number of nitro benzene ring substituents is 1. The van der Waals surface area contributed by atoms with Crippen LogP contribution in [0.4, 0.5) is 5.69 Å². The van der Waals surface area contributed by atoms with Crippen LogP contribution < -0.4 is 5.32 Å². The highest BCUT2D eigenvalue weighted by Gasteiger charge is 2.29. The van der Waals surface area contributed by atoms with Crippen molar-refractivity contribution >= 4 is 23.4 Å². The number of aliphatic hydroxyl groups is 1. The Morgan fingerprint density at radius 2 is 2.30 bits per heavy atom. The van der Waals surface area contributed by atoms with Gasteiger partial charge in [-0.05, 0) is 37.1 Å². The van der Waals surface area contributed by atoms with Crippen molar-refractivity contribution in [3.63, 3.8) is 0 Å². The lowest BCUT2D eigenvalue weighted by molar-refractivity contribution is -0.387. The summed E-state index contributed by atoms with van der Waals surface area (Å²) in [5.41, 5.74) is 0.158. The Kier molecular flexibility index (Phi) is 4.61. The Morgan fingerprint density at radius 3 is 2.85 bits per heavy atom. The maximum Gasteiger partial charge on any atom is 0.283 e. The molecule has 1 saturated carbocycles. The van der Waals surface area contributed by atoms with Gasteiger partial charge in [0.25, 0.3) is 11.6 Å². The zero-order chi connectivity index (χ0) is 14.7. The Labute approximate surface area is 120 Å². The summed E-state index contributed by atoms with van der Waals surface area (Å²) in [4.78, 5) is 22.9. The summed E-state index contributed by atoms with van der Waals surface area (Å²) < 4.78 is 0. The van der Waals surface area contributed by atoms with E-state index in [4.69, 9.17) is 0 Å². The number of thioether (sulfide) groups is 1. The number of nitrogens with zero attached hydrogens (tertiary/aromatic N) is 1. The molecule has 1 atom stereocenters. The van der Waals surface area contributed by atoms with Crippen molar-refractivity contribution < 1.29 is 14.8 Å². The molecule has 0 bridgehead atoms. The first-order valence-electron chi connectivity index (χ1n) is 6.31. The summed E-state index contributed by atoms with van der Waals surface area (Å²) in [5.74, 6) is -0.121. The minimum atomic E-state index is -0.528. The van der Waals surface area contributed by atoms with Gasteiger partial charge >= 0.3 is 0 Å². The standard InChI is InChI=1S/C13H16N2O4S/c1-20-12-5-4-9(6-10(12)15(18)19)13(17)14-7-11(16)8-2-3-8/h4-6,8,11,16H,2-3,7H2,1H3,(H,14,17). The SMILES string of the molecule is CSc1ccc(C(=O)NCC(O)C2CC2)cc1[N+](=O)[O-]. The van der Waals surface area contributed by atoms with Crippen molar-refractivity contribution in [3.8, 4) is 0 Å². The summed E-state index contributed by atoms with van der Waals surface area (Å²) >= 11 is 1.26. The molecule has 0 heterocycles. The van der Waals surface area contributed by atoms with Crippen molar-refractivity contribution in [1.82, 2.24) is 5.32 Å². The third kappa shape index (κ3) is 3.49. The van der Waals surface area contributed by atoms with Crippen LogP contribution in [-0.4, -0.2) is 34.8 Å². The molecule has 0 aromatic heterocycles. The van der Waals surface area contributed by atoms with Gasteiger partial charge in [0.05, 0.1) is 15.9 Å². The summed E-state index contributed by atoms with van der Waals surface area (Å²) in [6, 6.07) is 4.39. The summed E-state index contributed by atoms with van der Waals surface area (Å²) in [6.45, 7) is 0.182. The zero-order valence-corrected chi connectivity index (χ0v) is 11.9. The zero-order valence-electron chi connectivity index (χ0n) is 11.0. The molecule has 2 rings (SSSR count). The molecule has 0 saturated heterocycles. The van der Waals surface area contributed by atoms with E-state index in [1.165, 1.54) is 17.8 Å². The largest absolute Gasteiger partial charge is 0.391 e. The van der Waals surface area contributed by atoms with E-state index in [2.05, 4.69) is 5.32 Å². The molecule has 108 valence electrons. The molecule has 1 amide bonds. The number of nitrogens with one attached hydrogen (secondary N) is 1. The highest BCUT2D eigenvalue weighted by molar-refractivity contribution is 7.98. The second-order valence-electron chi connectivity index (χ2n) is 4.76. The van der Waals surface area contributed by atoms with Crippen molar-refractivity contribution in [3.05, 3.63) is 33.9 Å². The molecule has 1 aromatic rings. The predicted octanol–water partition coefficient (Wildman–Crippen LogP) is 1.82. The summed E-state index contributed by atoms with van der Waals surface area (Å²) in [5, 5.41) is 23.2. The fourth-order valence-electron chi connectivity index (χ4n) is 1.92. The van der Waals surface area contributed by atoms with E-state index in [0.29, 0.717) is 4.90 Å². The topological polar surface area (TPSA) is 92.5 Å². The fourth-order valence-corrected chi connectivity index (χ4v) is 2.47. The first-order chi connectivity index (χ1) is 9.52. The molecule has 0 spiro atoms. The fraction of sp³-hybridized carbons (Fsp3) is 0.462. The Morgan fingerprint density at radius 1 is 1.60 bits per heavy atom. The monoisotopic (exact) mass is 296 g/mol. The molecule has 1 aliphatic carbocycles. The third-order valence-electron chi connectivity index (χ3n) is 3.28. The summed E-state index contributed by atoms with van der Waals surface area (Å²) in [7, 11) is 0. The number of aliphatic hydroxyl groups excluding tert-OH is 1. The van der Waals surface area contributed by atoms with Crippen molar-refractivity contribution in [1.29, 1.82) is 0 Å². The van der Waals surface area contributed by atoms with Crippen molar-refractivity contribution in [2.24, 2.45) is 5.92 Å². The molecule has 0 radical (unpaired) electrons. The predicted molar refractivity (Wildman–Crippen MR) is 75.9 cm³/mol. The van der Waals surface area contributed by atoms with E-state index in [9.17, 15) is 20.0 Å². The minimum Gasteiger partial charge on any atom is -0.391 e. The number of rotatable bonds is 6. The molecule has 1 aromatic carbocycles. The van der Waals surface area contributed by atoms with Crippen molar-refractivity contribution in [2.75, 3.05) is 12.8 Å². The molecule has 1 unspecified atom stereocenters. The van der Waals surface area contributed by atoms with E-state index >= 15 is 0 Å². The van der Waals surface area contributed by atoms with Gasteiger partial charge in [-0.25, -0.2) is 0 Å². The lowest BCUT2D eigenvalue weighted by atomic mass is 10.1. The lowest BCUT2D eigenvalue weighted by Crippen LogP contribution is -2.33. The highest BCUT2D eigenvalue weighted by atomic mass is 32.2. The number of nitro groups is 1. The number of carbonyl (C=O) groups excluding carboxylic acids is 1. The van der Waals surface area contributed by atoms with Gasteiger partial charge in [0, 0.05) is 18.2 Å². The van der Waals surface area contributed by atoms with Gasteiger partial charge in [-0.15, -0.1) is 11.8 Å². The average Bonchev–Trinajstić information content (AvgIpc) is 3.28. The van der Waals surface area contributed by atoms with E-state index in [-0.39, 0.29) is 23.7 Å². The smallest absolute Gasteiger partial charge is 0.283 e. The first-order valence-corrected chi connectivity index (χ1v) is 7.54. The molecule has 7 heteroatoms. The molecule has 2 N–H and O–H groups in total. The van der Waals surface area contributed by atoms with Gasteiger partial charge < -0.3 is 10.4 Å².